The third kappa shape index (κ3) is 3.70. The van der Waals surface area contributed by atoms with Gasteiger partial charge in [-0.15, -0.1) is 0 Å². The molecule has 1 saturated carbocycles. The van der Waals surface area contributed by atoms with Gasteiger partial charge in [0.2, 0.25) is 0 Å². The van der Waals surface area contributed by atoms with Crippen molar-refractivity contribution in [3.05, 3.63) is 24.3 Å². The summed E-state index contributed by atoms with van der Waals surface area (Å²) in [5, 5.41) is 12.5. The van der Waals surface area contributed by atoms with E-state index in [1.807, 2.05) is 6.92 Å². The number of aliphatic hydroxyl groups is 1. The summed E-state index contributed by atoms with van der Waals surface area (Å²) in [5.74, 6) is 0.721. The summed E-state index contributed by atoms with van der Waals surface area (Å²) in [6.07, 6.45) is 2.21. The summed E-state index contributed by atoms with van der Waals surface area (Å²) in [6.45, 7) is 2.69. The Labute approximate surface area is 114 Å². The lowest BCUT2D eigenvalue weighted by Gasteiger charge is -2.31. The molecule has 2 N–H and O–H groups in total. The molecule has 4 nitrogen and oxygen atoms in total. The smallest absolute Gasteiger partial charge is 0.178 e. The highest BCUT2D eigenvalue weighted by atomic mass is 32.2. The van der Waals surface area contributed by atoms with Crippen LogP contribution in [0.2, 0.25) is 0 Å². The van der Waals surface area contributed by atoms with E-state index >= 15 is 0 Å². The minimum absolute atomic E-state index is 0.131. The second-order valence-corrected chi connectivity index (χ2v) is 7.32. The normalized spacial score (nSPS) is 22.8. The Balaban J connectivity index is 1.91. The van der Waals surface area contributed by atoms with Crippen LogP contribution in [0.25, 0.3) is 0 Å². The molecule has 0 heterocycles. The predicted octanol–water partition coefficient (Wildman–Crippen LogP) is 2.05. The minimum Gasteiger partial charge on any atom is -0.393 e. The Morgan fingerprint density at radius 3 is 2.42 bits per heavy atom. The summed E-state index contributed by atoms with van der Waals surface area (Å²) in [6, 6.07) is 6.92. The van der Waals surface area contributed by atoms with Crippen molar-refractivity contribution in [1.29, 1.82) is 0 Å². The van der Waals surface area contributed by atoms with Crippen molar-refractivity contribution < 1.29 is 13.5 Å². The van der Waals surface area contributed by atoms with Gasteiger partial charge in [-0.3, -0.25) is 0 Å². The molecule has 5 heteroatoms. The monoisotopic (exact) mass is 283 g/mol. The lowest BCUT2D eigenvalue weighted by Crippen LogP contribution is -2.33. The highest BCUT2D eigenvalue weighted by Gasteiger charge is 2.26. The second-order valence-electron chi connectivity index (χ2n) is 5.22. The average molecular weight is 283 g/mol. The second kappa shape index (κ2) is 5.92. The molecule has 1 aromatic carbocycles. The molecule has 0 spiro atoms. The van der Waals surface area contributed by atoms with Crippen LogP contribution in [0.5, 0.6) is 0 Å². The van der Waals surface area contributed by atoms with Crippen molar-refractivity contribution in [3.63, 3.8) is 0 Å². The average Bonchev–Trinajstić information content (AvgIpc) is 2.34. The number of sulfone groups is 1. The summed E-state index contributed by atoms with van der Waals surface area (Å²) in [4.78, 5) is 0.388. The van der Waals surface area contributed by atoms with Crippen LogP contribution in [-0.4, -0.2) is 31.9 Å². The van der Waals surface area contributed by atoms with Crippen LogP contribution in [0.4, 0.5) is 5.69 Å². The molecule has 0 radical (unpaired) electrons. The molecule has 0 saturated heterocycles. The lowest BCUT2D eigenvalue weighted by molar-refractivity contribution is 0.0487. The first-order valence-electron chi connectivity index (χ1n) is 6.76. The summed E-state index contributed by atoms with van der Waals surface area (Å²) in [5.41, 5.74) is 0.928. The van der Waals surface area contributed by atoms with Crippen LogP contribution in [0, 0.1) is 5.92 Å². The zero-order valence-corrected chi connectivity index (χ0v) is 12.0. The van der Waals surface area contributed by atoms with Crippen LogP contribution in [-0.2, 0) is 9.84 Å². The van der Waals surface area contributed by atoms with E-state index in [-0.39, 0.29) is 11.9 Å². The first-order valence-corrected chi connectivity index (χ1v) is 8.41. The number of nitrogens with one attached hydrogen (secondary N) is 1. The molecule has 1 aliphatic carbocycles. The summed E-state index contributed by atoms with van der Waals surface area (Å²) in [7, 11) is -3.12. The van der Waals surface area contributed by atoms with Crippen LogP contribution >= 0.6 is 0 Å². The topological polar surface area (TPSA) is 66.4 Å². The quantitative estimate of drug-likeness (QED) is 0.838. The van der Waals surface area contributed by atoms with E-state index in [0.29, 0.717) is 17.2 Å². The number of anilines is 1. The Morgan fingerprint density at radius 1 is 1.26 bits per heavy atom. The zero-order chi connectivity index (χ0) is 13.9. The molecule has 1 fully saturated rings. The maximum absolute atomic E-state index is 11.9. The maximum Gasteiger partial charge on any atom is 0.178 e. The van der Waals surface area contributed by atoms with Gasteiger partial charge in [0.05, 0.1) is 16.8 Å². The lowest BCUT2D eigenvalue weighted by atomic mass is 9.82. The molecule has 0 atom stereocenters. The van der Waals surface area contributed by atoms with E-state index < -0.39 is 9.84 Å². The highest BCUT2D eigenvalue weighted by Crippen LogP contribution is 2.27. The number of aliphatic hydroxyl groups excluding tert-OH is 1. The van der Waals surface area contributed by atoms with Crippen LogP contribution in [0.15, 0.2) is 29.2 Å². The van der Waals surface area contributed by atoms with E-state index in [9.17, 15) is 13.5 Å². The van der Waals surface area contributed by atoms with Gasteiger partial charge in [0.15, 0.2) is 9.84 Å². The van der Waals surface area contributed by atoms with Gasteiger partial charge in [-0.25, -0.2) is 8.42 Å². The fourth-order valence-electron chi connectivity index (χ4n) is 2.30. The molecule has 2 rings (SSSR count). The predicted molar refractivity (Wildman–Crippen MR) is 76.0 cm³/mol. The van der Waals surface area contributed by atoms with Crippen LogP contribution in [0.1, 0.15) is 26.2 Å². The van der Waals surface area contributed by atoms with Gasteiger partial charge < -0.3 is 10.4 Å². The zero-order valence-electron chi connectivity index (χ0n) is 11.2. The first kappa shape index (κ1) is 14.3. The van der Waals surface area contributed by atoms with E-state index in [2.05, 4.69) is 5.32 Å². The molecule has 19 heavy (non-hydrogen) atoms. The van der Waals surface area contributed by atoms with E-state index in [1.165, 1.54) is 0 Å². The molecule has 0 bridgehead atoms. The Morgan fingerprint density at radius 2 is 1.89 bits per heavy atom. The van der Waals surface area contributed by atoms with Gasteiger partial charge in [-0.2, -0.15) is 0 Å². The SMILES string of the molecule is CCCS(=O)(=O)c1ccc(NCC2CC(O)C2)cc1. The Hall–Kier alpha value is -1.07. The van der Waals surface area contributed by atoms with E-state index in [0.717, 1.165) is 25.1 Å². The van der Waals surface area contributed by atoms with Crippen molar-refractivity contribution in [1.82, 2.24) is 0 Å². The van der Waals surface area contributed by atoms with E-state index in [1.54, 1.807) is 24.3 Å². The Kier molecular flexibility index (Phi) is 4.47. The Bertz CT molecular complexity index is 504. The van der Waals surface area contributed by atoms with Crippen molar-refractivity contribution in [2.75, 3.05) is 17.6 Å². The molecular formula is C14H21NO3S. The maximum atomic E-state index is 11.9. The van der Waals surface area contributed by atoms with Gasteiger partial charge in [-0.1, -0.05) is 6.92 Å². The number of rotatable bonds is 6. The van der Waals surface area contributed by atoms with Crippen LogP contribution in [0.3, 0.4) is 0 Å². The molecule has 1 aromatic rings. The van der Waals surface area contributed by atoms with Crippen LogP contribution < -0.4 is 5.32 Å². The summed E-state index contributed by atoms with van der Waals surface area (Å²) >= 11 is 0. The summed E-state index contributed by atoms with van der Waals surface area (Å²) < 4.78 is 23.7. The van der Waals surface area contributed by atoms with Gasteiger partial charge in [-0.05, 0) is 49.4 Å². The largest absolute Gasteiger partial charge is 0.393 e. The van der Waals surface area contributed by atoms with Crippen molar-refractivity contribution in [2.45, 2.75) is 37.2 Å². The standard InChI is InChI=1S/C14H21NO3S/c1-2-7-19(17,18)14-5-3-12(4-6-14)15-10-11-8-13(16)9-11/h3-6,11,13,15-16H,2,7-10H2,1H3. The number of hydrogen-bond donors (Lipinski definition) is 2. The molecule has 0 aromatic heterocycles. The fourth-order valence-corrected chi connectivity index (χ4v) is 3.62. The molecule has 1 aliphatic rings. The third-order valence-electron chi connectivity index (χ3n) is 3.49. The number of hydrogen-bond acceptors (Lipinski definition) is 4. The van der Waals surface area contributed by atoms with Crippen molar-refractivity contribution >= 4 is 15.5 Å². The van der Waals surface area contributed by atoms with Gasteiger partial charge >= 0.3 is 0 Å². The van der Waals surface area contributed by atoms with Crippen molar-refractivity contribution in [2.24, 2.45) is 5.92 Å². The molecular weight excluding hydrogens is 262 g/mol. The third-order valence-corrected chi connectivity index (χ3v) is 5.43. The van der Waals surface area contributed by atoms with E-state index in [4.69, 9.17) is 0 Å². The fraction of sp³-hybridized carbons (Fsp3) is 0.571. The molecule has 0 amide bonds. The van der Waals surface area contributed by atoms with Gasteiger partial charge in [0.25, 0.3) is 0 Å². The van der Waals surface area contributed by atoms with Gasteiger partial charge in [0, 0.05) is 12.2 Å². The first-order chi connectivity index (χ1) is 9.01. The number of benzene rings is 1. The highest BCUT2D eigenvalue weighted by molar-refractivity contribution is 7.91. The molecule has 106 valence electrons. The minimum atomic E-state index is -3.12. The molecule has 0 unspecified atom stereocenters. The van der Waals surface area contributed by atoms with Gasteiger partial charge in [0.1, 0.15) is 0 Å². The molecule has 0 aliphatic heterocycles. The van der Waals surface area contributed by atoms with Crippen molar-refractivity contribution in [3.8, 4) is 0 Å².